The summed E-state index contributed by atoms with van der Waals surface area (Å²) in [5.41, 5.74) is 4.19. The van der Waals surface area contributed by atoms with Crippen molar-refractivity contribution in [1.82, 2.24) is 4.98 Å². The third-order valence-corrected chi connectivity index (χ3v) is 3.55. The SMILES string of the molecule is Cc1ccc2nc(/C=C/c3ccccc3Cl)ccc2c1. The summed E-state index contributed by atoms with van der Waals surface area (Å²) in [6.45, 7) is 2.09. The van der Waals surface area contributed by atoms with Gasteiger partial charge in [0.25, 0.3) is 0 Å². The summed E-state index contributed by atoms with van der Waals surface area (Å²) in [6, 6.07) is 18.2. The van der Waals surface area contributed by atoms with E-state index in [4.69, 9.17) is 11.6 Å². The van der Waals surface area contributed by atoms with Gasteiger partial charge in [0.2, 0.25) is 0 Å². The minimum atomic E-state index is 0.750. The molecule has 0 unspecified atom stereocenters. The fraction of sp³-hybridized carbons (Fsp3) is 0.0556. The number of benzene rings is 2. The molecule has 2 aromatic carbocycles. The van der Waals surface area contributed by atoms with Gasteiger partial charge >= 0.3 is 0 Å². The molecule has 1 aromatic heterocycles. The number of aromatic nitrogens is 1. The van der Waals surface area contributed by atoms with Crippen molar-refractivity contribution in [3.63, 3.8) is 0 Å². The molecule has 20 heavy (non-hydrogen) atoms. The lowest BCUT2D eigenvalue weighted by molar-refractivity contribution is 1.36. The van der Waals surface area contributed by atoms with Crippen molar-refractivity contribution in [2.24, 2.45) is 0 Å². The quantitative estimate of drug-likeness (QED) is 0.615. The first kappa shape index (κ1) is 12.9. The van der Waals surface area contributed by atoms with E-state index in [1.807, 2.05) is 42.5 Å². The second-order valence-corrected chi connectivity index (χ2v) is 5.19. The van der Waals surface area contributed by atoms with Gasteiger partial charge in [-0.3, -0.25) is 0 Å². The Balaban J connectivity index is 1.95. The Morgan fingerprint density at radius 2 is 1.80 bits per heavy atom. The van der Waals surface area contributed by atoms with Gasteiger partial charge in [0.1, 0.15) is 0 Å². The number of fused-ring (bicyclic) bond motifs is 1. The maximum Gasteiger partial charge on any atom is 0.0709 e. The molecule has 98 valence electrons. The molecule has 0 aliphatic heterocycles. The Morgan fingerprint density at radius 1 is 0.950 bits per heavy atom. The Bertz CT molecular complexity index is 790. The summed E-state index contributed by atoms with van der Waals surface area (Å²) >= 11 is 6.13. The van der Waals surface area contributed by atoms with Crippen LogP contribution in [0, 0.1) is 6.92 Å². The minimum absolute atomic E-state index is 0.750. The van der Waals surface area contributed by atoms with E-state index in [1.54, 1.807) is 0 Å². The molecule has 0 aliphatic rings. The van der Waals surface area contributed by atoms with Gasteiger partial charge < -0.3 is 0 Å². The first-order valence-electron chi connectivity index (χ1n) is 6.52. The maximum atomic E-state index is 6.13. The molecule has 0 amide bonds. The Kier molecular flexibility index (Phi) is 3.53. The molecular formula is C18H14ClN. The number of halogens is 1. The average Bonchev–Trinajstić information content (AvgIpc) is 2.46. The van der Waals surface area contributed by atoms with Crippen molar-refractivity contribution in [3.8, 4) is 0 Å². The van der Waals surface area contributed by atoms with Crippen LogP contribution in [0.1, 0.15) is 16.8 Å². The van der Waals surface area contributed by atoms with E-state index < -0.39 is 0 Å². The molecule has 3 rings (SSSR count). The molecule has 1 nitrogen and oxygen atoms in total. The molecule has 1 heterocycles. The van der Waals surface area contributed by atoms with Crippen molar-refractivity contribution < 1.29 is 0 Å². The topological polar surface area (TPSA) is 12.9 Å². The first-order chi connectivity index (χ1) is 9.72. The van der Waals surface area contributed by atoms with Crippen LogP contribution >= 0.6 is 11.6 Å². The molecule has 0 saturated heterocycles. The molecule has 2 heteroatoms. The molecule has 0 atom stereocenters. The van der Waals surface area contributed by atoms with Gasteiger partial charge in [-0.15, -0.1) is 0 Å². The van der Waals surface area contributed by atoms with Gasteiger partial charge in [0.05, 0.1) is 11.2 Å². The lowest BCUT2D eigenvalue weighted by Crippen LogP contribution is -1.84. The van der Waals surface area contributed by atoms with Gasteiger partial charge in [0.15, 0.2) is 0 Å². The normalized spacial score (nSPS) is 11.3. The van der Waals surface area contributed by atoms with Crippen LogP contribution in [0.2, 0.25) is 5.02 Å². The van der Waals surface area contributed by atoms with Crippen LogP contribution in [-0.4, -0.2) is 4.98 Å². The second-order valence-electron chi connectivity index (χ2n) is 4.79. The fourth-order valence-corrected chi connectivity index (χ4v) is 2.34. The lowest BCUT2D eigenvalue weighted by atomic mass is 10.1. The number of aryl methyl sites for hydroxylation is 1. The summed E-state index contributed by atoms with van der Waals surface area (Å²) < 4.78 is 0. The standard InChI is InChI=1S/C18H14ClN/c1-13-6-11-18-15(12-13)8-10-16(20-18)9-7-14-4-2-3-5-17(14)19/h2-12H,1H3/b9-7+. The van der Waals surface area contributed by atoms with E-state index >= 15 is 0 Å². The highest BCUT2D eigenvalue weighted by Gasteiger charge is 1.97. The van der Waals surface area contributed by atoms with E-state index in [1.165, 1.54) is 10.9 Å². The van der Waals surface area contributed by atoms with E-state index in [-0.39, 0.29) is 0 Å². The van der Waals surface area contributed by atoms with Crippen LogP contribution in [0.15, 0.2) is 54.6 Å². The summed E-state index contributed by atoms with van der Waals surface area (Å²) in [6.07, 6.45) is 3.98. The van der Waals surface area contributed by atoms with Gasteiger partial charge in [-0.1, -0.05) is 53.6 Å². The zero-order valence-electron chi connectivity index (χ0n) is 11.2. The summed E-state index contributed by atoms with van der Waals surface area (Å²) in [5, 5.41) is 1.92. The molecule has 0 saturated carbocycles. The average molecular weight is 280 g/mol. The molecule has 0 spiro atoms. The van der Waals surface area contributed by atoms with Crippen molar-refractivity contribution in [2.75, 3.05) is 0 Å². The van der Waals surface area contributed by atoms with E-state index in [9.17, 15) is 0 Å². The second kappa shape index (κ2) is 5.48. The molecule has 0 bridgehead atoms. The van der Waals surface area contributed by atoms with Gasteiger partial charge in [-0.25, -0.2) is 4.98 Å². The molecule has 3 aromatic rings. The number of rotatable bonds is 2. The van der Waals surface area contributed by atoms with Gasteiger partial charge in [0, 0.05) is 10.4 Å². The van der Waals surface area contributed by atoms with E-state index in [2.05, 4.69) is 36.2 Å². The Labute approximate surface area is 123 Å². The fourth-order valence-electron chi connectivity index (χ4n) is 2.14. The zero-order chi connectivity index (χ0) is 13.9. The molecule has 0 aliphatic carbocycles. The van der Waals surface area contributed by atoms with Gasteiger partial charge in [-0.2, -0.15) is 0 Å². The zero-order valence-corrected chi connectivity index (χ0v) is 11.9. The number of hydrogen-bond acceptors (Lipinski definition) is 1. The smallest absolute Gasteiger partial charge is 0.0709 e. The Morgan fingerprint density at radius 3 is 2.65 bits per heavy atom. The number of nitrogens with zero attached hydrogens (tertiary/aromatic N) is 1. The van der Waals surface area contributed by atoms with Crippen molar-refractivity contribution in [3.05, 3.63) is 76.4 Å². The number of hydrogen-bond donors (Lipinski definition) is 0. The first-order valence-corrected chi connectivity index (χ1v) is 6.90. The predicted octanol–water partition coefficient (Wildman–Crippen LogP) is 5.37. The largest absolute Gasteiger partial charge is 0.248 e. The highest BCUT2D eigenvalue weighted by Crippen LogP contribution is 2.19. The van der Waals surface area contributed by atoms with E-state index in [0.29, 0.717) is 0 Å². The van der Waals surface area contributed by atoms with Crippen LogP contribution in [0.3, 0.4) is 0 Å². The molecule has 0 N–H and O–H groups in total. The van der Waals surface area contributed by atoms with Crippen LogP contribution in [-0.2, 0) is 0 Å². The van der Waals surface area contributed by atoms with Crippen molar-refractivity contribution in [2.45, 2.75) is 6.92 Å². The van der Waals surface area contributed by atoms with Crippen LogP contribution in [0.5, 0.6) is 0 Å². The summed E-state index contributed by atoms with van der Waals surface area (Å²) in [4.78, 5) is 4.63. The third-order valence-electron chi connectivity index (χ3n) is 3.21. The summed E-state index contributed by atoms with van der Waals surface area (Å²) in [7, 11) is 0. The Hall–Kier alpha value is -2.12. The highest BCUT2D eigenvalue weighted by atomic mass is 35.5. The van der Waals surface area contributed by atoms with Crippen LogP contribution < -0.4 is 0 Å². The van der Waals surface area contributed by atoms with Crippen molar-refractivity contribution >= 4 is 34.7 Å². The maximum absolute atomic E-state index is 6.13. The lowest BCUT2D eigenvalue weighted by Gasteiger charge is -2.01. The molecular weight excluding hydrogens is 266 g/mol. The van der Waals surface area contributed by atoms with Crippen LogP contribution in [0.25, 0.3) is 23.1 Å². The monoisotopic (exact) mass is 279 g/mol. The number of pyridine rings is 1. The minimum Gasteiger partial charge on any atom is -0.248 e. The van der Waals surface area contributed by atoms with Crippen molar-refractivity contribution in [1.29, 1.82) is 0 Å². The van der Waals surface area contributed by atoms with E-state index in [0.717, 1.165) is 21.8 Å². The van der Waals surface area contributed by atoms with Crippen LogP contribution in [0.4, 0.5) is 0 Å². The van der Waals surface area contributed by atoms with Gasteiger partial charge in [-0.05, 0) is 42.8 Å². The highest BCUT2D eigenvalue weighted by molar-refractivity contribution is 6.32. The predicted molar refractivity (Wildman–Crippen MR) is 86.9 cm³/mol. The molecule has 0 fully saturated rings. The molecule has 0 radical (unpaired) electrons. The summed E-state index contributed by atoms with van der Waals surface area (Å²) in [5.74, 6) is 0. The third kappa shape index (κ3) is 2.73.